The second-order valence-electron chi connectivity index (χ2n) is 7.05. The lowest BCUT2D eigenvalue weighted by molar-refractivity contribution is -0.924. The van der Waals surface area contributed by atoms with Crippen LogP contribution in [0.3, 0.4) is 0 Å². The summed E-state index contributed by atoms with van der Waals surface area (Å²) in [5.74, 6) is 0.494. The minimum absolute atomic E-state index is 0.258. The standard InChI is InChI=1S/C20H21ClFN5S/c1-24-19(15-5-7-17(22)8-6-15)23-27(20(24)28)14-25-9-11-26(12-10-25)18-4-2-3-16(21)13-18/h2-8,13H,9-12,14H2,1H3/p+1. The van der Waals surface area contributed by atoms with E-state index in [4.69, 9.17) is 28.9 Å². The Balaban J connectivity index is 1.45. The Bertz CT molecular complexity index is 1020. The number of halogens is 2. The Labute approximate surface area is 173 Å². The van der Waals surface area contributed by atoms with Crippen LogP contribution in [0.2, 0.25) is 5.02 Å². The normalized spacial score (nSPS) is 15.2. The number of piperazine rings is 1. The molecule has 2 heterocycles. The van der Waals surface area contributed by atoms with Crippen molar-refractivity contribution in [2.24, 2.45) is 7.05 Å². The minimum atomic E-state index is -0.258. The third-order valence-electron chi connectivity index (χ3n) is 5.16. The van der Waals surface area contributed by atoms with Crippen molar-refractivity contribution in [1.29, 1.82) is 0 Å². The van der Waals surface area contributed by atoms with E-state index in [1.165, 1.54) is 22.7 Å². The van der Waals surface area contributed by atoms with Gasteiger partial charge in [-0.15, -0.1) is 5.10 Å². The van der Waals surface area contributed by atoms with Crippen LogP contribution in [0.25, 0.3) is 11.4 Å². The number of nitrogens with one attached hydrogen (secondary N) is 1. The number of hydrogen-bond acceptors (Lipinski definition) is 3. The minimum Gasteiger partial charge on any atom is -0.360 e. The molecule has 1 N–H and O–H groups in total. The highest BCUT2D eigenvalue weighted by atomic mass is 35.5. The molecule has 5 nitrogen and oxygen atoms in total. The molecule has 1 saturated heterocycles. The molecular formula is C20H22ClFN5S+. The van der Waals surface area contributed by atoms with Crippen LogP contribution in [-0.4, -0.2) is 40.5 Å². The maximum Gasteiger partial charge on any atom is 0.202 e. The molecular weight excluding hydrogens is 397 g/mol. The van der Waals surface area contributed by atoms with Crippen LogP contribution in [0.4, 0.5) is 10.1 Å². The highest BCUT2D eigenvalue weighted by Gasteiger charge is 2.22. The predicted molar refractivity (Wildman–Crippen MR) is 112 cm³/mol. The van der Waals surface area contributed by atoms with E-state index in [9.17, 15) is 4.39 Å². The molecule has 4 rings (SSSR count). The van der Waals surface area contributed by atoms with Crippen LogP contribution in [-0.2, 0) is 13.7 Å². The van der Waals surface area contributed by atoms with Gasteiger partial charge in [-0.25, -0.2) is 4.39 Å². The Morgan fingerprint density at radius 3 is 2.54 bits per heavy atom. The fourth-order valence-corrected chi connectivity index (χ4v) is 3.94. The first-order valence-electron chi connectivity index (χ1n) is 9.25. The zero-order valence-electron chi connectivity index (χ0n) is 15.6. The summed E-state index contributed by atoms with van der Waals surface area (Å²) in [6.45, 7) is 4.63. The van der Waals surface area contributed by atoms with Crippen molar-refractivity contribution < 1.29 is 9.29 Å². The van der Waals surface area contributed by atoms with Gasteiger partial charge in [0.25, 0.3) is 0 Å². The van der Waals surface area contributed by atoms with Gasteiger partial charge < -0.3 is 14.4 Å². The summed E-state index contributed by atoms with van der Waals surface area (Å²) in [5, 5.41) is 5.46. The van der Waals surface area contributed by atoms with Crippen molar-refractivity contribution in [1.82, 2.24) is 14.3 Å². The molecule has 146 valence electrons. The summed E-state index contributed by atoms with van der Waals surface area (Å²) in [6, 6.07) is 14.3. The lowest BCUT2D eigenvalue weighted by Crippen LogP contribution is -3.14. The third-order valence-corrected chi connectivity index (χ3v) is 5.88. The number of nitrogens with zero attached hydrogens (tertiary/aromatic N) is 4. The van der Waals surface area contributed by atoms with Crippen molar-refractivity contribution in [3.05, 3.63) is 64.1 Å². The number of rotatable bonds is 4. The molecule has 1 aliphatic heterocycles. The zero-order chi connectivity index (χ0) is 19.7. The molecule has 2 aromatic carbocycles. The molecule has 0 aliphatic carbocycles. The topological polar surface area (TPSA) is 30.4 Å². The molecule has 0 unspecified atom stereocenters. The summed E-state index contributed by atoms with van der Waals surface area (Å²) in [7, 11) is 1.90. The van der Waals surface area contributed by atoms with Crippen LogP contribution in [0.5, 0.6) is 0 Å². The molecule has 8 heteroatoms. The van der Waals surface area contributed by atoms with Gasteiger partial charge in [-0.2, -0.15) is 4.68 Å². The van der Waals surface area contributed by atoms with Gasteiger partial charge in [-0.05, 0) is 54.7 Å². The summed E-state index contributed by atoms with van der Waals surface area (Å²) >= 11 is 11.7. The summed E-state index contributed by atoms with van der Waals surface area (Å²) in [6.07, 6.45) is 0. The van der Waals surface area contributed by atoms with Crippen molar-refractivity contribution in [3.63, 3.8) is 0 Å². The second-order valence-corrected chi connectivity index (χ2v) is 7.85. The average molecular weight is 419 g/mol. The van der Waals surface area contributed by atoms with Crippen LogP contribution < -0.4 is 9.80 Å². The Morgan fingerprint density at radius 2 is 1.86 bits per heavy atom. The highest BCUT2D eigenvalue weighted by molar-refractivity contribution is 7.71. The molecule has 1 aromatic heterocycles. The van der Waals surface area contributed by atoms with Gasteiger partial charge >= 0.3 is 0 Å². The van der Waals surface area contributed by atoms with E-state index in [0.29, 0.717) is 4.77 Å². The maximum atomic E-state index is 13.2. The summed E-state index contributed by atoms with van der Waals surface area (Å²) in [5.41, 5.74) is 2.02. The zero-order valence-corrected chi connectivity index (χ0v) is 17.2. The molecule has 0 bridgehead atoms. The number of benzene rings is 2. The number of aromatic nitrogens is 3. The second kappa shape index (κ2) is 8.03. The van der Waals surface area contributed by atoms with Crippen molar-refractivity contribution in [3.8, 4) is 11.4 Å². The van der Waals surface area contributed by atoms with Gasteiger partial charge in [-0.3, -0.25) is 0 Å². The lowest BCUT2D eigenvalue weighted by atomic mass is 10.2. The van der Waals surface area contributed by atoms with Crippen LogP contribution in [0.15, 0.2) is 48.5 Å². The Morgan fingerprint density at radius 1 is 1.14 bits per heavy atom. The predicted octanol–water partition coefficient (Wildman–Crippen LogP) is 2.77. The summed E-state index contributed by atoms with van der Waals surface area (Å²) in [4.78, 5) is 3.79. The third kappa shape index (κ3) is 3.97. The lowest BCUT2D eigenvalue weighted by Gasteiger charge is -2.33. The van der Waals surface area contributed by atoms with Crippen LogP contribution >= 0.6 is 23.8 Å². The average Bonchev–Trinajstić information content (AvgIpc) is 2.98. The fourth-order valence-electron chi connectivity index (χ4n) is 3.57. The van der Waals surface area contributed by atoms with Gasteiger partial charge in [0, 0.05) is 23.3 Å². The molecule has 1 fully saturated rings. The smallest absolute Gasteiger partial charge is 0.202 e. The van der Waals surface area contributed by atoms with E-state index >= 15 is 0 Å². The molecule has 28 heavy (non-hydrogen) atoms. The van der Waals surface area contributed by atoms with E-state index in [-0.39, 0.29) is 5.82 Å². The monoisotopic (exact) mass is 418 g/mol. The number of quaternary nitrogens is 1. The van der Waals surface area contributed by atoms with Gasteiger partial charge in [0.05, 0.1) is 26.2 Å². The molecule has 0 saturated carbocycles. The molecule has 0 radical (unpaired) electrons. The van der Waals surface area contributed by atoms with E-state index < -0.39 is 0 Å². The first-order valence-corrected chi connectivity index (χ1v) is 10.0. The maximum absolute atomic E-state index is 13.2. The van der Waals surface area contributed by atoms with Crippen LogP contribution in [0, 0.1) is 10.6 Å². The van der Waals surface area contributed by atoms with Gasteiger partial charge in [0.15, 0.2) is 12.5 Å². The van der Waals surface area contributed by atoms with Crippen molar-refractivity contribution >= 4 is 29.5 Å². The van der Waals surface area contributed by atoms with Crippen molar-refractivity contribution in [2.75, 3.05) is 31.1 Å². The van der Waals surface area contributed by atoms with Gasteiger partial charge in [0.2, 0.25) is 4.77 Å². The molecule has 0 amide bonds. The SMILES string of the molecule is Cn1c(-c2ccc(F)cc2)nn(C[NH+]2CCN(c3cccc(Cl)c3)CC2)c1=S. The molecule has 0 atom stereocenters. The van der Waals surface area contributed by atoms with Crippen LogP contribution in [0.1, 0.15) is 0 Å². The summed E-state index contributed by atoms with van der Waals surface area (Å²) < 4.78 is 17.6. The number of anilines is 1. The molecule has 0 spiro atoms. The Hall–Kier alpha value is -2.22. The van der Waals surface area contributed by atoms with E-state index in [1.54, 1.807) is 12.1 Å². The van der Waals surface area contributed by atoms with E-state index in [1.807, 2.05) is 34.5 Å². The molecule has 1 aliphatic rings. The first-order chi connectivity index (χ1) is 13.5. The van der Waals surface area contributed by atoms with Gasteiger partial charge in [0.1, 0.15) is 5.82 Å². The first kappa shape index (κ1) is 19.1. The quantitative estimate of drug-likeness (QED) is 0.661. The van der Waals surface area contributed by atoms with Crippen molar-refractivity contribution in [2.45, 2.75) is 6.67 Å². The number of hydrogen-bond donors (Lipinski definition) is 1. The van der Waals surface area contributed by atoms with E-state index in [2.05, 4.69) is 11.0 Å². The largest absolute Gasteiger partial charge is 0.360 e. The van der Waals surface area contributed by atoms with E-state index in [0.717, 1.165) is 49.3 Å². The highest BCUT2D eigenvalue weighted by Crippen LogP contribution is 2.19. The Kier molecular flexibility index (Phi) is 5.48. The fraction of sp³-hybridized carbons (Fsp3) is 0.300. The van der Waals surface area contributed by atoms with Gasteiger partial charge in [-0.1, -0.05) is 17.7 Å². The molecule has 3 aromatic rings.